The summed E-state index contributed by atoms with van der Waals surface area (Å²) in [6, 6.07) is 19.4. The van der Waals surface area contributed by atoms with E-state index in [1.807, 2.05) is 43.3 Å². The topological polar surface area (TPSA) is 114 Å². The highest BCUT2D eigenvalue weighted by Crippen LogP contribution is 2.38. The van der Waals surface area contributed by atoms with Crippen LogP contribution in [0.25, 0.3) is 11.3 Å². The molecule has 1 fully saturated rings. The van der Waals surface area contributed by atoms with Crippen molar-refractivity contribution in [3.8, 4) is 0 Å². The molecule has 3 N–H and O–H groups in total. The molecule has 218 valence electrons. The average Bonchev–Trinajstić information content (AvgIpc) is 3.31. The van der Waals surface area contributed by atoms with E-state index in [1.54, 1.807) is 25.2 Å². The number of rotatable bonds is 9. The number of benzene rings is 3. The SMILES string of the molecule is Cc1cc(N/C(=C2\C(=O)Nc3cc(C(=O)O)ccc32)c2ccccc2)ccc1C(=O)N(C)OCCN1CCN(C)CC1. The lowest BCUT2D eigenvalue weighted by Gasteiger charge is -2.32. The summed E-state index contributed by atoms with van der Waals surface area (Å²) >= 11 is 0. The fraction of sp³-hybridized carbons (Fsp3) is 0.281. The van der Waals surface area contributed by atoms with Crippen molar-refractivity contribution in [2.75, 3.05) is 64.1 Å². The van der Waals surface area contributed by atoms with Gasteiger partial charge in [-0.1, -0.05) is 36.4 Å². The van der Waals surface area contributed by atoms with E-state index in [0.717, 1.165) is 43.9 Å². The maximum absolute atomic E-state index is 13.2. The fourth-order valence-electron chi connectivity index (χ4n) is 5.17. The number of nitrogens with one attached hydrogen (secondary N) is 2. The van der Waals surface area contributed by atoms with E-state index in [-0.39, 0.29) is 17.4 Å². The highest BCUT2D eigenvalue weighted by Gasteiger charge is 2.29. The molecule has 3 aromatic rings. The molecule has 0 atom stereocenters. The number of anilines is 2. The lowest BCUT2D eigenvalue weighted by Crippen LogP contribution is -2.46. The van der Waals surface area contributed by atoms with E-state index < -0.39 is 5.97 Å². The van der Waals surface area contributed by atoms with Crippen LogP contribution < -0.4 is 10.6 Å². The van der Waals surface area contributed by atoms with Gasteiger partial charge in [0, 0.05) is 56.6 Å². The van der Waals surface area contributed by atoms with Crippen LogP contribution >= 0.6 is 0 Å². The minimum absolute atomic E-state index is 0.0914. The number of aryl methyl sites for hydroxylation is 1. The zero-order valence-corrected chi connectivity index (χ0v) is 24.0. The predicted octanol–water partition coefficient (Wildman–Crippen LogP) is 3.88. The van der Waals surface area contributed by atoms with Crippen LogP contribution in [0.2, 0.25) is 0 Å². The standard InChI is InChI=1S/C32H35N5O5/c1-21-19-24(10-12-25(21)31(39)36(3)42-18-17-37-15-13-35(2)14-16-37)33-29(22-7-5-4-6-8-22)28-26-11-9-23(32(40)41)20-27(26)34-30(28)38/h4-12,19-20,33H,13-18H2,1-3H3,(H,34,38)(H,40,41)/b29-28-. The van der Waals surface area contributed by atoms with E-state index in [4.69, 9.17) is 4.84 Å². The van der Waals surface area contributed by atoms with Gasteiger partial charge in [-0.05, 0) is 55.4 Å². The normalized spacial score (nSPS) is 16.5. The molecule has 0 saturated carbocycles. The van der Waals surface area contributed by atoms with E-state index in [2.05, 4.69) is 27.5 Å². The molecule has 0 spiro atoms. The van der Waals surface area contributed by atoms with Crippen LogP contribution in [0.3, 0.4) is 0 Å². The van der Waals surface area contributed by atoms with Gasteiger partial charge in [0.15, 0.2) is 0 Å². The first-order valence-electron chi connectivity index (χ1n) is 13.9. The first kappa shape index (κ1) is 29.0. The number of piperazine rings is 1. The summed E-state index contributed by atoms with van der Waals surface area (Å²) < 4.78 is 0. The van der Waals surface area contributed by atoms with E-state index in [9.17, 15) is 19.5 Å². The summed E-state index contributed by atoms with van der Waals surface area (Å²) in [5.74, 6) is -1.64. The monoisotopic (exact) mass is 569 g/mol. The molecule has 1 saturated heterocycles. The maximum atomic E-state index is 13.2. The van der Waals surface area contributed by atoms with Gasteiger partial charge in [0.05, 0.1) is 29.1 Å². The quantitative estimate of drug-likeness (QED) is 0.263. The number of carbonyl (C=O) groups excluding carboxylic acids is 2. The van der Waals surface area contributed by atoms with Gasteiger partial charge in [-0.2, -0.15) is 0 Å². The van der Waals surface area contributed by atoms with Gasteiger partial charge in [0.1, 0.15) is 0 Å². The Morgan fingerprint density at radius 1 is 1.00 bits per heavy atom. The Morgan fingerprint density at radius 3 is 2.43 bits per heavy atom. The number of amides is 2. The van der Waals surface area contributed by atoms with Gasteiger partial charge < -0.3 is 20.6 Å². The molecule has 5 rings (SSSR count). The third-order valence-electron chi connectivity index (χ3n) is 7.62. The minimum atomic E-state index is -1.07. The van der Waals surface area contributed by atoms with Crippen molar-refractivity contribution in [1.82, 2.24) is 14.9 Å². The molecule has 0 unspecified atom stereocenters. The molecule has 0 bridgehead atoms. The van der Waals surface area contributed by atoms with Gasteiger partial charge in [0.2, 0.25) is 0 Å². The third-order valence-corrected chi connectivity index (χ3v) is 7.62. The average molecular weight is 570 g/mol. The molecule has 42 heavy (non-hydrogen) atoms. The smallest absolute Gasteiger partial charge is 0.335 e. The van der Waals surface area contributed by atoms with Crippen molar-refractivity contribution < 1.29 is 24.3 Å². The Kier molecular flexibility index (Phi) is 8.67. The molecule has 2 aliphatic rings. The molecule has 0 aromatic heterocycles. The zero-order valence-electron chi connectivity index (χ0n) is 24.0. The first-order valence-corrected chi connectivity index (χ1v) is 13.9. The highest BCUT2D eigenvalue weighted by molar-refractivity contribution is 6.37. The summed E-state index contributed by atoms with van der Waals surface area (Å²) in [4.78, 5) is 48.2. The number of carboxylic acid groups (broad SMARTS) is 1. The van der Waals surface area contributed by atoms with Crippen LogP contribution in [0.4, 0.5) is 11.4 Å². The summed E-state index contributed by atoms with van der Waals surface area (Å²) in [5, 5.41) is 16.9. The summed E-state index contributed by atoms with van der Waals surface area (Å²) in [7, 11) is 3.74. The zero-order chi connectivity index (χ0) is 29.8. The number of carboxylic acids is 1. The number of hydrogen-bond donors (Lipinski definition) is 3. The van der Waals surface area contributed by atoms with Gasteiger partial charge >= 0.3 is 5.97 Å². The van der Waals surface area contributed by atoms with Crippen LogP contribution in [-0.4, -0.2) is 91.2 Å². The molecule has 10 nitrogen and oxygen atoms in total. The molecule has 10 heteroatoms. The second-order valence-corrected chi connectivity index (χ2v) is 10.6. The second-order valence-electron chi connectivity index (χ2n) is 10.6. The largest absolute Gasteiger partial charge is 0.478 e. The molecule has 2 aliphatic heterocycles. The molecule has 0 radical (unpaired) electrons. The van der Waals surface area contributed by atoms with Crippen LogP contribution in [-0.2, 0) is 9.63 Å². The molecular weight excluding hydrogens is 534 g/mol. The van der Waals surface area contributed by atoms with Crippen LogP contribution in [0.1, 0.15) is 37.4 Å². The Hall–Kier alpha value is -4.51. The molecule has 2 amide bonds. The molecule has 2 heterocycles. The predicted molar refractivity (Wildman–Crippen MR) is 162 cm³/mol. The van der Waals surface area contributed by atoms with E-state index in [1.165, 1.54) is 17.2 Å². The third kappa shape index (κ3) is 6.36. The van der Waals surface area contributed by atoms with Crippen molar-refractivity contribution >= 4 is 40.4 Å². The van der Waals surface area contributed by atoms with Gasteiger partial charge in [-0.3, -0.25) is 19.3 Å². The Labute approximate surface area is 245 Å². The number of hydroxylamine groups is 2. The Bertz CT molecular complexity index is 1530. The number of fused-ring (bicyclic) bond motifs is 1. The molecule has 0 aliphatic carbocycles. The van der Waals surface area contributed by atoms with Gasteiger partial charge in [-0.25, -0.2) is 9.86 Å². The summed E-state index contributed by atoms with van der Waals surface area (Å²) in [6.07, 6.45) is 0. The first-order chi connectivity index (χ1) is 20.2. The summed E-state index contributed by atoms with van der Waals surface area (Å²) in [5.41, 5.74) is 4.85. The second kappa shape index (κ2) is 12.6. The van der Waals surface area contributed by atoms with Crippen molar-refractivity contribution in [2.24, 2.45) is 0 Å². The molecular formula is C32H35N5O5. The number of likely N-dealkylation sites (N-methyl/N-ethyl adjacent to an activating group) is 1. The van der Waals surface area contributed by atoms with Crippen molar-refractivity contribution in [3.05, 3.63) is 94.5 Å². The fourth-order valence-corrected chi connectivity index (χ4v) is 5.17. The number of aromatic carboxylic acids is 1. The maximum Gasteiger partial charge on any atom is 0.335 e. The Balaban J connectivity index is 1.35. The van der Waals surface area contributed by atoms with Gasteiger partial charge in [-0.15, -0.1) is 0 Å². The van der Waals surface area contributed by atoms with Crippen molar-refractivity contribution in [3.63, 3.8) is 0 Å². The number of carbonyl (C=O) groups is 3. The van der Waals surface area contributed by atoms with Gasteiger partial charge in [0.25, 0.3) is 11.8 Å². The van der Waals surface area contributed by atoms with E-state index in [0.29, 0.717) is 40.4 Å². The summed E-state index contributed by atoms with van der Waals surface area (Å²) in [6.45, 7) is 7.08. The lowest BCUT2D eigenvalue weighted by atomic mass is 9.98. The number of hydrogen-bond acceptors (Lipinski definition) is 7. The highest BCUT2D eigenvalue weighted by atomic mass is 16.7. The van der Waals surface area contributed by atoms with E-state index >= 15 is 0 Å². The molecule has 3 aromatic carbocycles. The van der Waals surface area contributed by atoms with Crippen molar-refractivity contribution in [2.45, 2.75) is 6.92 Å². The van der Waals surface area contributed by atoms with Crippen LogP contribution in [0.5, 0.6) is 0 Å². The lowest BCUT2D eigenvalue weighted by molar-refractivity contribution is -0.111. The minimum Gasteiger partial charge on any atom is -0.478 e. The Morgan fingerprint density at radius 2 is 1.74 bits per heavy atom. The number of nitrogens with zero attached hydrogens (tertiary/aromatic N) is 3. The van der Waals surface area contributed by atoms with Crippen molar-refractivity contribution in [1.29, 1.82) is 0 Å². The van der Waals surface area contributed by atoms with Crippen LogP contribution in [0, 0.1) is 6.92 Å². The van der Waals surface area contributed by atoms with Crippen LogP contribution in [0.15, 0.2) is 66.7 Å².